The van der Waals surface area contributed by atoms with Gasteiger partial charge in [-0.05, 0) is 36.6 Å². The topological polar surface area (TPSA) is 34.4 Å². The fraction of sp³-hybridized carbons (Fsp3) is 0.412. The lowest BCUT2D eigenvalue weighted by Gasteiger charge is -2.15. The summed E-state index contributed by atoms with van der Waals surface area (Å²) >= 11 is 0. The van der Waals surface area contributed by atoms with Crippen LogP contribution in [0.3, 0.4) is 0 Å². The fourth-order valence-electron chi connectivity index (χ4n) is 2.23. The van der Waals surface area contributed by atoms with Crippen molar-refractivity contribution in [3.63, 3.8) is 0 Å². The van der Waals surface area contributed by atoms with E-state index in [4.69, 9.17) is 9.15 Å². The highest BCUT2D eigenvalue weighted by Crippen LogP contribution is 2.11. The van der Waals surface area contributed by atoms with E-state index in [9.17, 15) is 0 Å². The number of benzene rings is 1. The number of furan rings is 1. The monoisotopic (exact) mass is 273 g/mol. The van der Waals surface area contributed by atoms with Crippen LogP contribution in [0.25, 0.3) is 0 Å². The number of methoxy groups -OCH3 is 1. The van der Waals surface area contributed by atoms with Crippen molar-refractivity contribution in [2.75, 3.05) is 7.11 Å². The van der Waals surface area contributed by atoms with Gasteiger partial charge in [-0.15, -0.1) is 0 Å². The Bertz CT molecular complexity index is 493. The third kappa shape index (κ3) is 4.51. The van der Waals surface area contributed by atoms with Gasteiger partial charge in [0.25, 0.3) is 0 Å². The van der Waals surface area contributed by atoms with E-state index >= 15 is 0 Å². The minimum absolute atomic E-state index is 0.454. The Kier molecular flexibility index (Phi) is 5.84. The molecule has 0 saturated carbocycles. The average Bonchev–Trinajstić information content (AvgIpc) is 2.98. The smallest absolute Gasteiger partial charge is 0.103 e. The summed E-state index contributed by atoms with van der Waals surface area (Å²) in [5, 5.41) is 3.56. The molecule has 2 aromatic rings. The maximum Gasteiger partial charge on any atom is 0.103 e. The zero-order valence-corrected chi connectivity index (χ0v) is 12.3. The minimum Gasteiger partial charge on any atom is -0.469 e. The van der Waals surface area contributed by atoms with E-state index in [1.165, 1.54) is 11.1 Å². The molecule has 1 aromatic carbocycles. The molecule has 0 bridgehead atoms. The standard InChI is InChI=1S/C17H23NO2/c1-14(9-10-17-8-5-11-20-17)18-12-15-6-3-4-7-16(15)13-19-2/h3-8,11,14,18H,9-10,12-13H2,1-2H3. The van der Waals surface area contributed by atoms with Crippen LogP contribution in [0.1, 0.15) is 30.2 Å². The summed E-state index contributed by atoms with van der Waals surface area (Å²) < 4.78 is 10.6. The number of hydrogen-bond acceptors (Lipinski definition) is 3. The Balaban J connectivity index is 1.79. The largest absolute Gasteiger partial charge is 0.469 e. The Labute approximate surface area is 121 Å². The van der Waals surface area contributed by atoms with E-state index in [1.54, 1.807) is 13.4 Å². The van der Waals surface area contributed by atoms with Crippen molar-refractivity contribution in [1.82, 2.24) is 5.32 Å². The average molecular weight is 273 g/mol. The van der Waals surface area contributed by atoms with Gasteiger partial charge in [0.1, 0.15) is 5.76 Å². The van der Waals surface area contributed by atoms with Crippen molar-refractivity contribution in [3.05, 3.63) is 59.5 Å². The van der Waals surface area contributed by atoms with Crippen LogP contribution in [0.15, 0.2) is 47.1 Å². The van der Waals surface area contributed by atoms with Crippen LogP contribution >= 0.6 is 0 Å². The quantitative estimate of drug-likeness (QED) is 0.799. The molecule has 1 N–H and O–H groups in total. The third-order valence-electron chi connectivity index (χ3n) is 3.46. The SMILES string of the molecule is COCc1ccccc1CNC(C)CCc1ccco1. The third-order valence-corrected chi connectivity index (χ3v) is 3.46. The van der Waals surface area contributed by atoms with Gasteiger partial charge >= 0.3 is 0 Å². The van der Waals surface area contributed by atoms with Gasteiger partial charge in [0, 0.05) is 26.1 Å². The van der Waals surface area contributed by atoms with Crippen LogP contribution in [-0.4, -0.2) is 13.2 Å². The molecule has 0 spiro atoms. The van der Waals surface area contributed by atoms with Crippen LogP contribution in [0, 0.1) is 0 Å². The molecule has 0 aliphatic carbocycles. The number of nitrogens with one attached hydrogen (secondary N) is 1. The number of hydrogen-bond donors (Lipinski definition) is 1. The summed E-state index contributed by atoms with van der Waals surface area (Å²) in [5.74, 6) is 1.05. The number of aryl methyl sites for hydroxylation is 1. The van der Waals surface area contributed by atoms with Gasteiger partial charge in [0.05, 0.1) is 12.9 Å². The van der Waals surface area contributed by atoms with E-state index in [-0.39, 0.29) is 0 Å². The molecule has 108 valence electrons. The highest BCUT2D eigenvalue weighted by atomic mass is 16.5. The maximum absolute atomic E-state index is 5.35. The van der Waals surface area contributed by atoms with Crippen molar-refractivity contribution in [2.45, 2.75) is 39.0 Å². The summed E-state index contributed by atoms with van der Waals surface area (Å²) in [7, 11) is 1.73. The van der Waals surface area contributed by atoms with Crippen molar-refractivity contribution in [2.24, 2.45) is 0 Å². The van der Waals surface area contributed by atoms with Gasteiger partial charge in [-0.1, -0.05) is 24.3 Å². The van der Waals surface area contributed by atoms with E-state index in [0.29, 0.717) is 12.6 Å². The highest BCUT2D eigenvalue weighted by Gasteiger charge is 2.06. The number of ether oxygens (including phenoxy) is 1. The normalized spacial score (nSPS) is 12.5. The number of rotatable bonds is 8. The first-order chi connectivity index (χ1) is 9.79. The van der Waals surface area contributed by atoms with Gasteiger partial charge in [0.15, 0.2) is 0 Å². The van der Waals surface area contributed by atoms with Gasteiger partial charge in [0.2, 0.25) is 0 Å². The molecule has 0 amide bonds. The Morgan fingerprint density at radius 1 is 1.15 bits per heavy atom. The van der Waals surface area contributed by atoms with Crippen molar-refractivity contribution >= 4 is 0 Å². The van der Waals surface area contributed by atoms with Crippen LogP contribution < -0.4 is 5.32 Å². The molecule has 3 nitrogen and oxygen atoms in total. The fourth-order valence-corrected chi connectivity index (χ4v) is 2.23. The van der Waals surface area contributed by atoms with Crippen LogP contribution in [0.4, 0.5) is 0 Å². The molecule has 0 aliphatic heterocycles. The summed E-state index contributed by atoms with van der Waals surface area (Å²) in [6, 6.07) is 12.8. The second kappa shape index (κ2) is 7.88. The van der Waals surface area contributed by atoms with Gasteiger partial charge in [-0.2, -0.15) is 0 Å². The second-order valence-corrected chi connectivity index (χ2v) is 5.10. The predicted molar refractivity (Wildman–Crippen MR) is 80.5 cm³/mol. The first kappa shape index (κ1) is 14.8. The summed E-state index contributed by atoms with van der Waals surface area (Å²) in [6.45, 7) is 3.75. The van der Waals surface area contributed by atoms with Gasteiger partial charge in [-0.3, -0.25) is 0 Å². The van der Waals surface area contributed by atoms with E-state index in [1.807, 2.05) is 12.1 Å². The summed E-state index contributed by atoms with van der Waals surface area (Å²) in [6.07, 6.45) is 3.77. The first-order valence-electron chi connectivity index (χ1n) is 7.11. The van der Waals surface area contributed by atoms with Gasteiger partial charge in [-0.25, -0.2) is 0 Å². The predicted octanol–water partition coefficient (Wildman–Crippen LogP) is 3.54. The minimum atomic E-state index is 0.454. The molecule has 0 fully saturated rings. The molecule has 0 saturated heterocycles. The second-order valence-electron chi connectivity index (χ2n) is 5.10. The zero-order valence-electron chi connectivity index (χ0n) is 12.3. The molecule has 3 heteroatoms. The lowest BCUT2D eigenvalue weighted by atomic mass is 10.1. The molecular formula is C17H23NO2. The zero-order chi connectivity index (χ0) is 14.2. The molecular weight excluding hydrogens is 250 g/mol. The Morgan fingerprint density at radius 3 is 2.65 bits per heavy atom. The van der Waals surface area contributed by atoms with Crippen molar-refractivity contribution in [1.29, 1.82) is 0 Å². The van der Waals surface area contributed by atoms with E-state index < -0.39 is 0 Å². The molecule has 1 aromatic heterocycles. The highest BCUT2D eigenvalue weighted by molar-refractivity contribution is 5.26. The summed E-state index contributed by atoms with van der Waals surface area (Å²) in [4.78, 5) is 0. The first-order valence-corrected chi connectivity index (χ1v) is 7.11. The molecule has 0 radical (unpaired) electrons. The van der Waals surface area contributed by atoms with Gasteiger partial charge < -0.3 is 14.5 Å². The van der Waals surface area contributed by atoms with Crippen LogP contribution in [-0.2, 0) is 24.3 Å². The molecule has 0 aliphatic rings. The van der Waals surface area contributed by atoms with E-state index in [0.717, 1.165) is 25.1 Å². The molecule has 1 heterocycles. The Hall–Kier alpha value is -1.58. The molecule has 2 rings (SSSR count). The molecule has 1 unspecified atom stereocenters. The van der Waals surface area contributed by atoms with Crippen LogP contribution in [0.5, 0.6) is 0 Å². The molecule has 1 atom stereocenters. The van der Waals surface area contributed by atoms with Crippen molar-refractivity contribution in [3.8, 4) is 0 Å². The Morgan fingerprint density at radius 2 is 1.95 bits per heavy atom. The maximum atomic E-state index is 5.35. The van der Waals surface area contributed by atoms with E-state index in [2.05, 4.69) is 36.5 Å². The summed E-state index contributed by atoms with van der Waals surface area (Å²) in [5.41, 5.74) is 2.56. The lowest BCUT2D eigenvalue weighted by Crippen LogP contribution is -2.26. The lowest BCUT2D eigenvalue weighted by molar-refractivity contribution is 0.184. The molecule has 20 heavy (non-hydrogen) atoms. The van der Waals surface area contributed by atoms with Crippen molar-refractivity contribution < 1.29 is 9.15 Å². The van der Waals surface area contributed by atoms with Crippen LogP contribution in [0.2, 0.25) is 0 Å².